The summed E-state index contributed by atoms with van der Waals surface area (Å²) in [6.07, 6.45) is -0.384. The summed E-state index contributed by atoms with van der Waals surface area (Å²) in [6, 6.07) is -1.22. The molecule has 29 heteroatoms. The van der Waals surface area contributed by atoms with Crippen molar-refractivity contribution in [2.45, 2.75) is 145 Å². The van der Waals surface area contributed by atoms with Gasteiger partial charge in [0.1, 0.15) is 59.8 Å². The van der Waals surface area contributed by atoms with Gasteiger partial charge in [0.2, 0.25) is 59.1 Å². The number of aliphatic imine (C=N–C) groups is 1. The molecule has 1 saturated heterocycles. The Morgan fingerprint density at radius 1 is 0.595 bits per heavy atom. The van der Waals surface area contributed by atoms with Crippen molar-refractivity contribution in [2.24, 2.45) is 39.4 Å². The molecule has 2 aromatic carbocycles. The van der Waals surface area contributed by atoms with E-state index in [-0.39, 0.29) is 88.5 Å². The number of carboxylic acid groups (broad SMARTS) is 1. The van der Waals surface area contributed by atoms with Gasteiger partial charge in [-0.2, -0.15) is 0 Å². The van der Waals surface area contributed by atoms with E-state index in [4.69, 9.17) is 34.4 Å². The van der Waals surface area contributed by atoms with Crippen molar-refractivity contribution < 1.29 is 68.1 Å². The number of nitrogens with two attached hydrogens (primary N) is 6. The topological polar surface area (TPSA) is 504 Å². The Morgan fingerprint density at radius 3 is 1.59 bits per heavy atom. The number of primary amides is 2. The molecule has 0 radical (unpaired) electrons. The summed E-state index contributed by atoms with van der Waals surface area (Å²) in [6.45, 7) is 2.83. The Balaban J connectivity index is 1.88. The van der Waals surface area contributed by atoms with Gasteiger partial charge in [0.25, 0.3) is 0 Å². The lowest BCUT2D eigenvalue weighted by Gasteiger charge is -2.30. The lowest BCUT2D eigenvalue weighted by atomic mass is 10.0. The number of guanidine groups is 1. The summed E-state index contributed by atoms with van der Waals surface area (Å²) in [5.74, 6) is -10.6. The number of carbonyl (C=O) groups excluding carboxylic acids is 10. The number of phenols is 2. The number of carboxylic acids is 1. The molecule has 1 heterocycles. The fourth-order valence-corrected chi connectivity index (χ4v) is 8.19. The average molecular weight is 1110 g/mol. The van der Waals surface area contributed by atoms with E-state index in [0.29, 0.717) is 30.4 Å². The van der Waals surface area contributed by atoms with E-state index in [2.05, 4.69) is 42.2 Å². The van der Waals surface area contributed by atoms with Crippen LogP contribution in [0.3, 0.4) is 0 Å². The van der Waals surface area contributed by atoms with Gasteiger partial charge in [-0.1, -0.05) is 24.3 Å². The summed E-state index contributed by atoms with van der Waals surface area (Å²) >= 11 is 0. The number of carbonyl (C=O) groups is 11. The molecule has 0 saturated carbocycles. The van der Waals surface area contributed by atoms with E-state index < -0.39 is 126 Å². The van der Waals surface area contributed by atoms with Gasteiger partial charge in [0.05, 0.1) is 12.5 Å². The molecule has 29 nitrogen and oxygen atoms in total. The highest BCUT2D eigenvalue weighted by molar-refractivity contribution is 5.99. The minimum Gasteiger partial charge on any atom is -0.508 e. The molecule has 0 spiro atoms. The molecular formula is C50H75N15O14. The molecule has 1 aliphatic heterocycles. The molecule has 0 bridgehead atoms. The SMILES string of the molecule is C[C@H](NC(=O)[C@H](Cc1ccc(O)cc1)NC(=O)[C@@H]1CCCN1C(=O)[C@H](C)NC(=O)[C@H](CCCN=C(N)N)NC(=O)[C@H](CC(N)=O)NC(=O)[C@H](Cc1ccc(O)cc1)NC(=O)[C@H](CCCCN)NC(=O)[C@@H](N)CCC(N)=O)C(=O)O. The van der Waals surface area contributed by atoms with E-state index in [1.807, 2.05) is 0 Å². The zero-order valence-electron chi connectivity index (χ0n) is 44.1. The van der Waals surface area contributed by atoms with Gasteiger partial charge < -0.3 is 91.8 Å². The summed E-state index contributed by atoms with van der Waals surface area (Å²) in [5, 5.41) is 46.6. The third kappa shape index (κ3) is 22.5. The fraction of sp³-hybridized carbons (Fsp3) is 0.520. The molecule has 2 aromatic rings. The molecule has 434 valence electrons. The number of aromatic hydroxyl groups is 2. The average Bonchev–Trinajstić information content (AvgIpc) is 3.92. The molecule has 0 unspecified atom stereocenters. The molecule has 0 aromatic heterocycles. The number of amides is 10. The smallest absolute Gasteiger partial charge is 0.325 e. The number of phenolic OH excluding ortho intramolecular Hbond substituents is 2. The normalized spacial score (nSPS) is 15.9. The molecule has 9 atom stereocenters. The van der Waals surface area contributed by atoms with E-state index in [1.54, 1.807) is 0 Å². The van der Waals surface area contributed by atoms with E-state index >= 15 is 0 Å². The summed E-state index contributed by atoms with van der Waals surface area (Å²) in [5.41, 5.74) is 34.2. The Labute approximate surface area is 455 Å². The van der Waals surface area contributed by atoms with Crippen LogP contribution < -0.4 is 71.6 Å². The quantitative estimate of drug-likeness (QED) is 0.0181. The maximum atomic E-state index is 14.3. The maximum absolute atomic E-state index is 14.3. The molecule has 1 fully saturated rings. The highest BCUT2D eigenvalue weighted by Crippen LogP contribution is 2.20. The van der Waals surface area contributed by atoms with E-state index in [9.17, 15) is 68.1 Å². The second kappa shape index (κ2) is 32.2. The standard InChI is InChI=1S/C50H75N15O14/c1-26(48(77)65-22-6-9-38(65)47(76)64-35(44(73)59-27(2)49(78)79)23-28-10-14-30(66)15-11-28)58-42(71)34(8-5-21-57-50(55)56)61-46(75)37(25-40(54)69)63-45(74)36(24-29-12-16-31(67)17-13-29)62-43(72)33(7-3-4-20-51)60-41(70)32(52)18-19-39(53)68/h10-17,26-27,32-38,66-67H,3-9,18-25,51-52H2,1-2H3,(H2,53,68)(H2,54,69)(H,58,71)(H,59,73)(H,60,70)(H,61,75)(H,62,72)(H,63,74)(H,64,76)(H,78,79)(H4,55,56,57)/t26-,27-,32-,33-,34-,35-,36-,37-,38-/m0/s1. The summed E-state index contributed by atoms with van der Waals surface area (Å²) in [7, 11) is 0. The van der Waals surface area contributed by atoms with Gasteiger partial charge in [-0.25, -0.2) is 0 Å². The summed E-state index contributed by atoms with van der Waals surface area (Å²) in [4.78, 5) is 151. The van der Waals surface area contributed by atoms with Crippen LogP contribution in [0.2, 0.25) is 0 Å². The first kappa shape index (κ1) is 64.7. The number of likely N-dealkylation sites (tertiary alicyclic amines) is 1. The highest BCUT2D eigenvalue weighted by Gasteiger charge is 2.39. The van der Waals surface area contributed by atoms with Crippen LogP contribution in [0.5, 0.6) is 11.5 Å². The Kier molecular flexibility index (Phi) is 26.4. The van der Waals surface area contributed by atoms with Crippen LogP contribution >= 0.6 is 0 Å². The van der Waals surface area contributed by atoms with Gasteiger partial charge >= 0.3 is 5.97 Å². The molecule has 22 N–H and O–H groups in total. The van der Waals surface area contributed by atoms with Crippen molar-refractivity contribution in [1.29, 1.82) is 0 Å². The number of nitrogens with zero attached hydrogens (tertiary/aromatic N) is 2. The molecule has 79 heavy (non-hydrogen) atoms. The van der Waals surface area contributed by atoms with E-state index in [1.165, 1.54) is 67.3 Å². The van der Waals surface area contributed by atoms with E-state index in [0.717, 1.165) is 0 Å². The third-order valence-corrected chi connectivity index (χ3v) is 12.6. The van der Waals surface area contributed by atoms with Crippen LogP contribution in [0.1, 0.15) is 89.2 Å². The molecular weight excluding hydrogens is 1030 g/mol. The molecule has 3 rings (SSSR count). The predicted molar refractivity (Wildman–Crippen MR) is 284 cm³/mol. The summed E-state index contributed by atoms with van der Waals surface area (Å²) < 4.78 is 0. The Hall–Kier alpha value is -8.60. The number of benzene rings is 2. The Bertz CT molecular complexity index is 2490. The van der Waals surface area contributed by atoms with Crippen molar-refractivity contribution in [2.75, 3.05) is 19.6 Å². The minimum atomic E-state index is -1.80. The number of nitrogens with one attached hydrogen (secondary N) is 7. The fourth-order valence-electron chi connectivity index (χ4n) is 8.19. The largest absolute Gasteiger partial charge is 0.508 e. The third-order valence-electron chi connectivity index (χ3n) is 12.6. The van der Waals surface area contributed by atoms with Crippen molar-refractivity contribution in [3.05, 3.63) is 59.7 Å². The maximum Gasteiger partial charge on any atom is 0.325 e. The predicted octanol–water partition coefficient (Wildman–Crippen LogP) is -4.96. The number of hydrogen-bond donors (Lipinski definition) is 16. The number of rotatable bonds is 33. The van der Waals surface area contributed by atoms with Crippen LogP contribution in [0.25, 0.3) is 0 Å². The first-order chi connectivity index (χ1) is 37.3. The van der Waals surface area contributed by atoms with Crippen molar-refractivity contribution in [1.82, 2.24) is 42.1 Å². The van der Waals surface area contributed by atoms with Crippen LogP contribution in [0, 0.1) is 0 Å². The first-order valence-corrected chi connectivity index (χ1v) is 25.6. The second-order valence-electron chi connectivity index (χ2n) is 19.1. The van der Waals surface area contributed by atoms with Gasteiger partial charge in [0.15, 0.2) is 5.96 Å². The van der Waals surface area contributed by atoms with Gasteiger partial charge in [-0.3, -0.25) is 57.7 Å². The van der Waals surface area contributed by atoms with Crippen molar-refractivity contribution in [3.8, 4) is 11.5 Å². The zero-order chi connectivity index (χ0) is 58.9. The van der Waals surface area contributed by atoms with Gasteiger partial charge in [-0.05, 0) is 107 Å². The van der Waals surface area contributed by atoms with Crippen LogP contribution in [-0.4, -0.2) is 165 Å². The lowest BCUT2D eigenvalue weighted by Crippen LogP contribution is -2.60. The number of hydrogen-bond acceptors (Lipinski definition) is 16. The monoisotopic (exact) mass is 1110 g/mol. The zero-order valence-corrected chi connectivity index (χ0v) is 44.1. The molecule has 10 amide bonds. The Morgan fingerprint density at radius 2 is 1.06 bits per heavy atom. The van der Waals surface area contributed by atoms with Gasteiger partial charge in [-0.15, -0.1) is 0 Å². The van der Waals surface area contributed by atoms with Gasteiger partial charge in [0, 0.05) is 32.4 Å². The first-order valence-electron chi connectivity index (χ1n) is 25.6. The number of unbranched alkanes of at least 4 members (excludes halogenated alkanes) is 1. The minimum absolute atomic E-state index is 0.0307. The van der Waals surface area contributed by atoms with Crippen LogP contribution in [0.4, 0.5) is 0 Å². The highest BCUT2D eigenvalue weighted by atomic mass is 16.4. The lowest BCUT2D eigenvalue weighted by molar-refractivity contribution is -0.143. The molecule has 0 aliphatic carbocycles. The van der Waals surface area contributed by atoms with Crippen molar-refractivity contribution >= 4 is 71.0 Å². The van der Waals surface area contributed by atoms with Crippen LogP contribution in [0.15, 0.2) is 53.5 Å². The van der Waals surface area contributed by atoms with Crippen LogP contribution in [-0.2, 0) is 65.6 Å². The second-order valence-corrected chi connectivity index (χ2v) is 19.1. The number of aliphatic carboxylic acids is 1. The van der Waals surface area contributed by atoms with Crippen molar-refractivity contribution in [3.63, 3.8) is 0 Å². The molecule has 1 aliphatic rings.